The molecule has 4 aliphatic carbocycles. The molecule has 0 aromatic heterocycles. The van der Waals surface area contributed by atoms with Gasteiger partial charge in [-0.05, 0) is 102 Å². The molecule has 1 atom stereocenters. The lowest BCUT2D eigenvalue weighted by molar-refractivity contribution is 0.659. The van der Waals surface area contributed by atoms with Gasteiger partial charge in [0, 0.05) is 27.6 Å². The largest absolute Gasteiger partial charge is 0.309 e. The van der Waals surface area contributed by atoms with Gasteiger partial charge in [0.15, 0.2) is 0 Å². The lowest BCUT2D eigenvalue weighted by atomic mass is 9.70. The number of anilines is 3. The minimum atomic E-state index is -0.422. The molecule has 0 fully saturated rings. The first-order valence-electron chi connectivity index (χ1n) is 21.4. The standard InChI is InChI=1S/C59H45N/c1-57(2)37-36-50-55(57)45-24-13-16-27-48(45)59(50)47-26-15-12-23-44(47)53-49(59)28-17-29-51(53)60(41-32-30-39(31-33-41)38-18-7-5-8-19-38)52-35-34-42(40-20-9-6-10-21-40)56-54(52)43-22-11-14-25-46(43)58(56,3)4/h5-37H,1-4H3. The molecule has 1 heteroatoms. The van der Waals surface area contributed by atoms with Crippen molar-refractivity contribution in [3.8, 4) is 44.5 Å². The van der Waals surface area contributed by atoms with Crippen molar-refractivity contribution in [1.82, 2.24) is 0 Å². The Balaban J connectivity index is 1.18. The summed E-state index contributed by atoms with van der Waals surface area (Å²) in [5, 5.41) is 0. The van der Waals surface area contributed by atoms with Gasteiger partial charge in [0.05, 0.1) is 16.8 Å². The Morgan fingerprint density at radius 1 is 0.383 bits per heavy atom. The first-order chi connectivity index (χ1) is 29.3. The fraction of sp³-hybridized carbons (Fsp3) is 0.119. The van der Waals surface area contributed by atoms with Gasteiger partial charge in [0.2, 0.25) is 0 Å². The molecule has 0 saturated carbocycles. The maximum atomic E-state index is 2.58. The average Bonchev–Trinajstić information content (AvgIpc) is 3.96. The van der Waals surface area contributed by atoms with E-state index in [2.05, 4.69) is 233 Å². The van der Waals surface area contributed by atoms with Gasteiger partial charge in [0.25, 0.3) is 0 Å². The van der Waals surface area contributed by atoms with Crippen LogP contribution in [-0.2, 0) is 10.8 Å². The Labute approximate surface area is 353 Å². The fourth-order valence-corrected chi connectivity index (χ4v) is 11.6. The molecule has 286 valence electrons. The number of hydrogen-bond acceptors (Lipinski definition) is 1. The van der Waals surface area contributed by atoms with Crippen LogP contribution in [0.15, 0.2) is 206 Å². The van der Waals surface area contributed by atoms with E-state index in [0.29, 0.717) is 0 Å². The zero-order valence-electron chi connectivity index (χ0n) is 34.5. The van der Waals surface area contributed by atoms with Gasteiger partial charge in [-0.2, -0.15) is 0 Å². The van der Waals surface area contributed by atoms with Crippen molar-refractivity contribution >= 4 is 22.6 Å². The second-order valence-corrected chi connectivity index (χ2v) is 18.1. The van der Waals surface area contributed by atoms with Crippen LogP contribution in [0.4, 0.5) is 17.1 Å². The van der Waals surface area contributed by atoms with E-state index >= 15 is 0 Å². The van der Waals surface area contributed by atoms with E-state index in [1.807, 2.05) is 0 Å². The summed E-state index contributed by atoms with van der Waals surface area (Å²) in [5.41, 5.74) is 24.0. The second kappa shape index (κ2) is 12.5. The summed E-state index contributed by atoms with van der Waals surface area (Å²) >= 11 is 0. The third-order valence-corrected chi connectivity index (χ3v) is 14.1. The molecule has 60 heavy (non-hydrogen) atoms. The topological polar surface area (TPSA) is 3.24 Å². The molecule has 12 rings (SSSR count). The van der Waals surface area contributed by atoms with Crippen LogP contribution in [0, 0.1) is 5.41 Å². The normalized spacial score (nSPS) is 17.9. The third-order valence-electron chi connectivity index (χ3n) is 14.1. The molecule has 0 radical (unpaired) electrons. The Kier molecular flexibility index (Phi) is 7.31. The van der Waals surface area contributed by atoms with Crippen molar-refractivity contribution in [2.75, 3.05) is 4.90 Å². The van der Waals surface area contributed by atoms with Gasteiger partial charge in [-0.1, -0.05) is 204 Å². The number of allylic oxidation sites excluding steroid dienone is 4. The van der Waals surface area contributed by atoms with E-state index in [4.69, 9.17) is 0 Å². The Morgan fingerprint density at radius 3 is 1.62 bits per heavy atom. The lowest BCUT2D eigenvalue weighted by Gasteiger charge is -2.33. The first-order valence-corrected chi connectivity index (χ1v) is 21.4. The van der Waals surface area contributed by atoms with Crippen LogP contribution < -0.4 is 4.90 Å². The van der Waals surface area contributed by atoms with Crippen LogP contribution in [0.2, 0.25) is 0 Å². The molecule has 0 bridgehead atoms. The number of hydrogen-bond donors (Lipinski definition) is 0. The molecule has 8 aromatic carbocycles. The molecular weight excluding hydrogens is 723 g/mol. The van der Waals surface area contributed by atoms with E-state index in [1.165, 1.54) is 100 Å². The van der Waals surface area contributed by atoms with Crippen molar-refractivity contribution in [1.29, 1.82) is 0 Å². The third kappa shape index (κ3) is 4.58. The summed E-state index contributed by atoms with van der Waals surface area (Å²) < 4.78 is 0. The smallest absolute Gasteiger partial charge is 0.0723 e. The van der Waals surface area contributed by atoms with Crippen LogP contribution in [0.1, 0.15) is 61.1 Å². The maximum absolute atomic E-state index is 2.58. The minimum Gasteiger partial charge on any atom is -0.309 e. The lowest BCUT2D eigenvalue weighted by Crippen LogP contribution is -2.26. The van der Waals surface area contributed by atoms with Gasteiger partial charge in [-0.3, -0.25) is 0 Å². The van der Waals surface area contributed by atoms with Crippen LogP contribution >= 0.6 is 0 Å². The highest BCUT2D eigenvalue weighted by molar-refractivity contribution is 6.05. The molecule has 1 nitrogen and oxygen atoms in total. The zero-order valence-corrected chi connectivity index (χ0v) is 34.5. The number of benzene rings is 8. The highest BCUT2D eigenvalue weighted by atomic mass is 15.1. The summed E-state index contributed by atoms with van der Waals surface area (Å²) in [7, 11) is 0. The second-order valence-electron chi connectivity index (χ2n) is 18.1. The highest BCUT2D eigenvalue weighted by Crippen LogP contribution is 2.68. The number of fused-ring (bicyclic) bond motifs is 12. The fourth-order valence-electron chi connectivity index (χ4n) is 11.6. The molecule has 0 heterocycles. The molecule has 1 spiro atoms. The average molecular weight is 768 g/mol. The number of rotatable bonds is 5. The summed E-state index contributed by atoms with van der Waals surface area (Å²) in [6.07, 6.45) is 4.87. The minimum absolute atomic E-state index is 0.0714. The Bertz CT molecular complexity index is 3120. The van der Waals surface area contributed by atoms with Crippen molar-refractivity contribution in [3.63, 3.8) is 0 Å². The monoisotopic (exact) mass is 767 g/mol. The van der Waals surface area contributed by atoms with E-state index in [-0.39, 0.29) is 10.8 Å². The van der Waals surface area contributed by atoms with Gasteiger partial charge < -0.3 is 4.90 Å². The van der Waals surface area contributed by atoms with Crippen LogP contribution in [0.5, 0.6) is 0 Å². The summed E-state index contributed by atoms with van der Waals surface area (Å²) in [5.74, 6) is 0. The van der Waals surface area contributed by atoms with Crippen molar-refractivity contribution < 1.29 is 0 Å². The van der Waals surface area contributed by atoms with Crippen molar-refractivity contribution in [2.45, 2.75) is 38.5 Å². The van der Waals surface area contributed by atoms with Gasteiger partial charge in [0.1, 0.15) is 0 Å². The molecular formula is C59H45N. The van der Waals surface area contributed by atoms with E-state index in [0.717, 1.165) is 5.69 Å². The highest BCUT2D eigenvalue weighted by Gasteiger charge is 2.56. The van der Waals surface area contributed by atoms with Gasteiger partial charge in [-0.15, -0.1) is 0 Å². The van der Waals surface area contributed by atoms with Gasteiger partial charge >= 0.3 is 0 Å². The molecule has 1 unspecified atom stereocenters. The first kappa shape index (κ1) is 35.0. The van der Waals surface area contributed by atoms with Gasteiger partial charge in [-0.25, -0.2) is 0 Å². The molecule has 0 amide bonds. The van der Waals surface area contributed by atoms with Crippen molar-refractivity contribution in [3.05, 3.63) is 239 Å². The summed E-state index contributed by atoms with van der Waals surface area (Å²) in [6.45, 7) is 9.57. The molecule has 4 aliphatic rings. The summed E-state index contributed by atoms with van der Waals surface area (Å²) in [4.78, 5) is 2.58. The van der Waals surface area contributed by atoms with Crippen LogP contribution in [-0.4, -0.2) is 0 Å². The number of nitrogens with zero attached hydrogens (tertiary/aromatic N) is 1. The van der Waals surface area contributed by atoms with Crippen molar-refractivity contribution in [2.24, 2.45) is 5.41 Å². The molecule has 0 saturated heterocycles. The molecule has 8 aromatic rings. The summed E-state index contributed by atoms with van der Waals surface area (Å²) in [6, 6.07) is 70.4. The van der Waals surface area contributed by atoms with Crippen LogP contribution in [0.25, 0.3) is 50.1 Å². The SMILES string of the molecule is CC1(C)C=CC2=C1c1ccccc1C21c2ccccc2-c2c(N(c3ccc(-c4ccccc4)cc3)c3ccc(-c4ccccc4)c4c3-c3ccccc3C4(C)C)cccc21. The maximum Gasteiger partial charge on any atom is 0.0723 e. The zero-order chi connectivity index (χ0) is 40.4. The molecule has 0 aliphatic heterocycles. The van der Waals surface area contributed by atoms with Crippen LogP contribution in [0.3, 0.4) is 0 Å². The Morgan fingerprint density at radius 2 is 0.917 bits per heavy atom. The van der Waals surface area contributed by atoms with E-state index < -0.39 is 5.41 Å². The van der Waals surface area contributed by atoms with E-state index in [1.54, 1.807) is 0 Å². The Hall–Kier alpha value is -6.96. The quantitative estimate of drug-likeness (QED) is 0.169. The predicted octanol–water partition coefficient (Wildman–Crippen LogP) is 15.5. The molecule has 0 N–H and O–H groups in total. The predicted molar refractivity (Wildman–Crippen MR) is 251 cm³/mol. The van der Waals surface area contributed by atoms with E-state index in [9.17, 15) is 0 Å².